The van der Waals surface area contributed by atoms with Crippen LogP contribution in [0.15, 0.2) is 18.3 Å². The molecular formula is C13H20N2O2. The second kappa shape index (κ2) is 6.57. The molecule has 2 rings (SSSR count). The first kappa shape index (κ1) is 12.3. The number of aromatic nitrogens is 1. The maximum atomic E-state index is 5.57. The van der Waals surface area contributed by atoms with Crippen LogP contribution in [0.1, 0.15) is 24.8 Å². The van der Waals surface area contributed by atoms with Crippen LogP contribution < -0.4 is 10.1 Å². The highest BCUT2D eigenvalue weighted by atomic mass is 16.5. The summed E-state index contributed by atoms with van der Waals surface area (Å²) in [4.78, 5) is 4.17. The van der Waals surface area contributed by atoms with Crippen LogP contribution in [-0.4, -0.2) is 31.3 Å². The molecule has 0 aliphatic carbocycles. The SMILES string of the molecule is COc1ccc(CNCCC2CCCO2)cn1. The molecule has 1 atom stereocenters. The van der Waals surface area contributed by atoms with Crippen molar-refractivity contribution in [3.8, 4) is 5.88 Å². The van der Waals surface area contributed by atoms with Gasteiger partial charge in [0.25, 0.3) is 0 Å². The largest absolute Gasteiger partial charge is 0.481 e. The maximum Gasteiger partial charge on any atom is 0.212 e. The second-order valence-electron chi connectivity index (χ2n) is 4.31. The first-order valence-electron chi connectivity index (χ1n) is 6.20. The summed E-state index contributed by atoms with van der Waals surface area (Å²) >= 11 is 0. The van der Waals surface area contributed by atoms with Crippen molar-refractivity contribution in [2.75, 3.05) is 20.3 Å². The zero-order valence-electron chi connectivity index (χ0n) is 10.3. The van der Waals surface area contributed by atoms with Crippen LogP contribution in [0.25, 0.3) is 0 Å². The Kier molecular flexibility index (Phi) is 4.76. The topological polar surface area (TPSA) is 43.4 Å². The number of hydrogen-bond acceptors (Lipinski definition) is 4. The van der Waals surface area contributed by atoms with Gasteiger partial charge in [-0.15, -0.1) is 0 Å². The Morgan fingerprint density at radius 2 is 2.47 bits per heavy atom. The number of nitrogens with zero attached hydrogens (tertiary/aromatic N) is 1. The quantitative estimate of drug-likeness (QED) is 0.764. The molecule has 1 aromatic heterocycles. The van der Waals surface area contributed by atoms with E-state index in [-0.39, 0.29) is 0 Å². The van der Waals surface area contributed by atoms with E-state index in [1.54, 1.807) is 7.11 Å². The monoisotopic (exact) mass is 236 g/mol. The zero-order chi connectivity index (χ0) is 11.9. The molecule has 1 aliphatic heterocycles. The molecule has 4 heteroatoms. The van der Waals surface area contributed by atoms with Crippen LogP contribution in [0.4, 0.5) is 0 Å². The van der Waals surface area contributed by atoms with Crippen LogP contribution in [0.3, 0.4) is 0 Å². The molecule has 1 fully saturated rings. The average Bonchev–Trinajstić information content (AvgIpc) is 2.88. The van der Waals surface area contributed by atoms with Gasteiger partial charge in [0.05, 0.1) is 13.2 Å². The fourth-order valence-corrected chi connectivity index (χ4v) is 2.00. The second-order valence-corrected chi connectivity index (χ2v) is 4.31. The van der Waals surface area contributed by atoms with Gasteiger partial charge in [-0.1, -0.05) is 6.07 Å². The summed E-state index contributed by atoms with van der Waals surface area (Å²) in [6.45, 7) is 2.79. The van der Waals surface area contributed by atoms with Gasteiger partial charge in [0.15, 0.2) is 0 Å². The zero-order valence-corrected chi connectivity index (χ0v) is 10.3. The minimum Gasteiger partial charge on any atom is -0.481 e. The van der Waals surface area contributed by atoms with E-state index in [2.05, 4.69) is 10.3 Å². The summed E-state index contributed by atoms with van der Waals surface area (Å²) in [6, 6.07) is 3.92. The Bertz CT molecular complexity index is 321. The molecule has 1 saturated heterocycles. The molecule has 94 valence electrons. The van der Waals surface area contributed by atoms with E-state index < -0.39 is 0 Å². The maximum absolute atomic E-state index is 5.57. The van der Waals surface area contributed by atoms with Crippen molar-refractivity contribution in [1.29, 1.82) is 0 Å². The standard InChI is InChI=1S/C13H20N2O2/c1-16-13-5-4-11(10-15-13)9-14-7-6-12-3-2-8-17-12/h4-5,10,12,14H,2-3,6-9H2,1H3. The van der Waals surface area contributed by atoms with Gasteiger partial charge < -0.3 is 14.8 Å². The van der Waals surface area contributed by atoms with Gasteiger partial charge in [-0.25, -0.2) is 4.98 Å². The molecule has 0 amide bonds. The summed E-state index contributed by atoms with van der Waals surface area (Å²) in [5.74, 6) is 0.660. The van der Waals surface area contributed by atoms with Crippen molar-refractivity contribution >= 4 is 0 Å². The average molecular weight is 236 g/mol. The Hall–Kier alpha value is -1.13. The summed E-state index contributed by atoms with van der Waals surface area (Å²) in [5.41, 5.74) is 1.18. The lowest BCUT2D eigenvalue weighted by Crippen LogP contribution is -2.19. The summed E-state index contributed by atoms with van der Waals surface area (Å²) in [7, 11) is 1.63. The van der Waals surface area contributed by atoms with Gasteiger partial charge in [0, 0.05) is 25.4 Å². The van der Waals surface area contributed by atoms with Gasteiger partial charge in [-0.3, -0.25) is 0 Å². The fourth-order valence-electron chi connectivity index (χ4n) is 2.00. The molecule has 1 aromatic rings. The van der Waals surface area contributed by atoms with Gasteiger partial charge >= 0.3 is 0 Å². The van der Waals surface area contributed by atoms with Gasteiger partial charge in [-0.05, 0) is 31.4 Å². The Balaban J connectivity index is 1.63. The number of hydrogen-bond donors (Lipinski definition) is 1. The number of methoxy groups -OCH3 is 1. The van der Waals surface area contributed by atoms with Crippen molar-refractivity contribution in [2.45, 2.75) is 31.9 Å². The molecule has 0 bridgehead atoms. The molecule has 1 N–H and O–H groups in total. The van der Waals surface area contributed by atoms with E-state index in [1.165, 1.54) is 18.4 Å². The minimum atomic E-state index is 0.469. The first-order chi connectivity index (χ1) is 8.38. The highest BCUT2D eigenvalue weighted by molar-refractivity contribution is 5.17. The first-order valence-corrected chi connectivity index (χ1v) is 6.20. The molecule has 0 radical (unpaired) electrons. The third kappa shape index (κ3) is 3.98. The van der Waals surface area contributed by atoms with Crippen molar-refractivity contribution in [1.82, 2.24) is 10.3 Å². The minimum absolute atomic E-state index is 0.469. The summed E-state index contributed by atoms with van der Waals surface area (Å²) < 4.78 is 10.6. The fraction of sp³-hybridized carbons (Fsp3) is 0.615. The predicted molar refractivity (Wildman–Crippen MR) is 66.1 cm³/mol. The lowest BCUT2D eigenvalue weighted by molar-refractivity contribution is 0.104. The Morgan fingerprint density at radius 3 is 3.12 bits per heavy atom. The number of nitrogens with one attached hydrogen (secondary N) is 1. The van der Waals surface area contributed by atoms with E-state index in [0.29, 0.717) is 12.0 Å². The van der Waals surface area contributed by atoms with E-state index in [0.717, 1.165) is 26.1 Å². The van der Waals surface area contributed by atoms with Crippen molar-refractivity contribution in [3.05, 3.63) is 23.9 Å². The third-order valence-electron chi connectivity index (χ3n) is 3.00. The lowest BCUT2D eigenvalue weighted by Gasteiger charge is -2.10. The molecule has 0 spiro atoms. The highest BCUT2D eigenvalue weighted by Gasteiger charge is 2.14. The van der Waals surface area contributed by atoms with E-state index >= 15 is 0 Å². The van der Waals surface area contributed by atoms with Crippen molar-refractivity contribution in [2.24, 2.45) is 0 Å². The molecule has 0 saturated carbocycles. The Labute approximate surface area is 102 Å². The van der Waals surface area contributed by atoms with Crippen LogP contribution in [0.5, 0.6) is 5.88 Å². The van der Waals surface area contributed by atoms with Crippen molar-refractivity contribution in [3.63, 3.8) is 0 Å². The van der Waals surface area contributed by atoms with Crippen LogP contribution in [0, 0.1) is 0 Å². The lowest BCUT2D eigenvalue weighted by atomic mass is 10.2. The molecular weight excluding hydrogens is 216 g/mol. The van der Waals surface area contributed by atoms with Crippen molar-refractivity contribution < 1.29 is 9.47 Å². The summed E-state index contributed by atoms with van der Waals surface area (Å²) in [5, 5.41) is 3.41. The number of pyridine rings is 1. The van der Waals surface area contributed by atoms with E-state index in [4.69, 9.17) is 9.47 Å². The molecule has 0 aromatic carbocycles. The van der Waals surface area contributed by atoms with Gasteiger partial charge in [-0.2, -0.15) is 0 Å². The normalized spacial score (nSPS) is 19.5. The molecule has 1 unspecified atom stereocenters. The van der Waals surface area contributed by atoms with E-state index in [1.807, 2.05) is 18.3 Å². The number of ether oxygens (including phenoxy) is 2. The third-order valence-corrected chi connectivity index (χ3v) is 3.00. The van der Waals surface area contributed by atoms with Crippen LogP contribution in [-0.2, 0) is 11.3 Å². The van der Waals surface area contributed by atoms with Gasteiger partial charge in [0.2, 0.25) is 5.88 Å². The number of rotatable bonds is 6. The van der Waals surface area contributed by atoms with Crippen LogP contribution in [0.2, 0.25) is 0 Å². The Morgan fingerprint density at radius 1 is 1.53 bits per heavy atom. The predicted octanol–water partition coefficient (Wildman–Crippen LogP) is 1.75. The summed E-state index contributed by atoms with van der Waals surface area (Å²) in [6.07, 6.45) is 5.84. The van der Waals surface area contributed by atoms with Crippen LogP contribution >= 0.6 is 0 Å². The molecule has 1 aliphatic rings. The molecule has 2 heterocycles. The van der Waals surface area contributed by atoms with Gasteiger partial charge in [0.1, 0.15) is 0 Å². The molecule has 4 nitrogen and oxygen atoms in total. The van der Waals surface area contributed by atoms with E-state index in [9.17, 15) is 0 Å². The smallest absolute Gasteiger partial charge is 0.212 e. The highest BCUT2D eigenvalue weighted by Crippen LogP contribution is 2.14. The molecule has 17 heavy (non-hydrogen) atoms.